The van der Waals surface area contributed by atoms with Crippen molar-refractivity contribution < 1.29 is 0 Å². The molecule has 1 saturated heterocycles. The van der Waals surface area contributed by atoms with E-state index in [2.05, 4.69) is 36.2 Å². The number of anilines is 2. The number of hydrogen-bond acceptors (Lipinski definition) is 7. The zero-order chi connectivity index (χ0) is 17.8. The summed E-state index contributed by atoms with van der Waals surface area (Å²) in [5, 5.41) is 3.22. The minimum atomic E-state index is 0.291. The standard InChI is InChI=1S/C19H21N7/c1-14-23-16(10-18(24-14)25-19-12-21-7-8-22-19)17-5-3-9-26(17)13-15-4-2-6-20-11-15/h2,4,6-8,10-12,17H,3,5,9,13H2,1H3,(H,22,23,24,25)/t17-/m0/s1. The quantitative estimate of drug-likeness (QED) is 0.760. The average molecular weight is 347 g/mol. The molecule has 0 unspecified atom stereocenters. The highest BCUT2D eigenvalue weighted by Crippen LogP contribution is 2.33. The van der Waals surface area contributed by atoms with Gasteiger partial charge in [-0.3, -0.25) is 14.9 Å². The van der Waals surface area contributed by atoms with Crippen LogP contribution >= 0.6 is 0 Å². The molecule has 1 atom stereocenters. The molecule has 26 heavy (non-hydrogen) atoms. The Balaban J connectivity index is 1.56. The number of nitrogens with one attached hydrogen (secondary N) is 1. The Labute approximate surface area is 152 Å². The van der Waals surface area contributed by atoms with Gasteiger partial charge in [-0.05, 0) is 37.9 Å². The number of likely N-dealkylation sites (tertiary alicyclic amines) is 1. The van der Waals surface area contributed by atoms with Gasteiger partial charge in [0.2, 0.25) is 0 Å². The summed E-state index contributed by atoms with van der Waals surface area (Å²) in [7, 11) is 0. The summed E-state index contributed by atoms with van der Waals surface area (Å²) >= 11 is 0. The van der Waals surface area contributed by atoms with Crippen LogP contribution < -0.4 is 5.32 Å². The van der Waals surface area contributed by atoms with E-state index < -0.39 is 0 Å². The molecular weight excluding hydrogens is 326 g/mol. The molecule has 1 aliphatic heterocycles. The Hall–Kier alpha value is -2.93. The van der Waals surface area contributed by atoms with Crippen molar-refractivity contribution in [1.82, 2.24) is 29.8 Å². The molecule has 4 heterocycles. The highest BCUT2D eigenvalue weighted by Gasteiger charge is 2.27. The van der Waals surface area contributed by atoms with Gasteiger partial charge >= 0.3 is 0 Å². The second kappa shape index (κ2) is 7.53. The van der Waals surface area contributed by atoms with Gasteiger partial charge in [0.1, 0.15) is 17.5 Å². The van der Waals surface area contributed by atoms with E-state index in [9.17, 15) is 0 Å². The average Bonchev–Trinajstić information content (AvgIpc) is 3.11. The topological polar surface area (TPSA) is 79.7 Å². The minimum Gasteiger partial charge on any atom is -0.324 e. The molecule has 7 heteroatoms. The lowest BCUT2D eigenvalue weighted by molar-refractivity contribution is 0.244. The van der Waals surface area contributed by atoms with Crippen LogP contribution in [0.25, 0.3) is 0 Å². The smallest absolute Gasteiger partial charge is 0.150 e. The van der Waals surface area contributed by atoms with Crippen molar-refractivity contribution in [1.29, 1.82) is 0 Å². The first-order valence-electron chi connectivity index (χ1n) is 8.79. The van der Waals surface area contributed by atoms with Gasteiger partial charge in [-0.25, -0.2) is 15.0 Å². The van der Waals surface area contributed by atoms with E-state index in [1.165, 1.54) is 12.0 Å². The fourth-order valence-corrected chi connectivity index (χ4v) is 3.40. The van der Waals surface area contributed by atoms with Crippen molar-refractivity contribution in [2.45, 2.75) is 32.4 Å². The largest absolute Gasteiger partial charge is 0.324 e. The Kier molecular flexibility index (Phi) is 4.79. The fraction of sp³-hybridized carbons (Fsp3) is 0.316. The van der Waals surface area contributed by atoms with Crippen molar-refractivity contribution in [3.05, 3.63) is 66.3 Å². The van der Waals surface area contributed by atoms with Crippen LogP contribution in [0.5, 0.6) is 0 Å². The summed E-state index contributed by atoms with van der Waals surface area (Å²) < 4.78 is 0. The number of pyridine rings is 1. The number of aromatic nitrogens is 5. The van der Waals surface area contributed by atoms with Crippen molar-refractivity contribution in [2.75, 3.05) is 11.9 Å². The van der Waals surface area contributed by atoms with Gasteiger partial charge in [-0.1, -0.05) is 6.07 Å². The molecule has 1 fully saturated rings. The predicted molar refractivity (Wildman–Crippen MR) is 98.7 cm³/mol. The van der Waals surface area contributed by atoms with E-state index in [1.807, 2.05) is 31.5 Å². The molecule has 0 spiro atoms. The number of nitrogens with zero attached hydrogens (tertiary/aromatic N) is 6. The maximum atomic E-state index is 4.70. The molecule has 1 aliphatic rings. The Morgan fingerprint density at radius 1 is 1.12 bits per heavy atom. The van der Waals surface area contributed by atoms with Crippen LogP contribution in [0.1, 0.15) is 36.0 Å². The lowest BCUT2D eigenvalue weighted by Crippen LogP contribution is -2.24. The second-order valence-electron chi connectivity index (χ2n) is 6.43. The van der Waals surface area contributed by atoms with Gasteiger partial charge in [0, 0.05) is 37.4 Å². The first-order chi connectivity index (χ1) is 12.8. The van der Waals surface area contributed by atoms with Gasteiger partial charge in [0.15, 0.2) is 0 Å². The van der Waals surface area contributed by atoms with Gasteiger partial charge in [-0.15, -0.1) is 0 Å². The monoisotopic (exact) mass is 347 g/mol. The lowest BCUT2D eigenvalue weighted by Gasteiger charge is -2.24. The highest BCUT2D eigenvalue weighted by atomic mass is 15.2. The normalized spacial score (nSPS) is 17.3. The number of aryl methyl sites for hydroxylation is 1. The molecule has 7 nitrogen and oxygen atoms in total. The molecule has 4 rings (SSSR count). The number of hydrogen-bond donors (Lipinski definition) is 1. The van der Waals surface area contributed by atoms with Crippen molar-refractivity contribution in [3.8, 4) is 0 Å². The maximum absolute atomic E-state index is 4.70. The summed E-state index contributed by atoms with van der Waals surface area (Å²) in [5.74, 6) is 2.18. The fourth-order valence-electron chi connectivity index (χ4n) is 3.40. The summed E-state index contributed by atoms with van der Waals surface area (Å²) in [6.07, 6.45) is 11.0. The van der Waals surface area contributed by atoms with Crippen molar-refractivity contribution in [2.24, 2.45) is 0 Å². The Morgan fingerprint density at radius 2 is 2.04 bits per heavy atom. The SMILES string of the molecule is Cc1nc(Nc2cnccn2)cc([C@@H]2CCCN2Cc2cccnc2)n1. The summed E-state index contributed by atoms with van der Waals surface area (Å²) in [6.45, 7) is 3.87. The zero-order valence-corrected chi connectivity index (χ0v) is 14.7. The van der Waals surface area contributed by atoms with E-state index in [0.29, 0.717) is 11.9 Å². The minimum absolute atomic E-state index is 0.291. The summed E-state index contributed by atoms with van der Waals surface area (Å²) in [4.78, 5) is 24.2. The van der Waals surface area contributed by atoms with Crippen molar-refractivity contribution >= 4 is 11.6 Å². The molecule has 0 aromatic carbocycles. The van der Waals surface area contributed by atoms with Gasteiger partial charge in [-0.2, -0.15) is 0 Å². The van der Waals surface area contributed by atoms with Gasteiger partial charge in [0.25, 0.3) is 0 Å². The molecule has 132 valence electrons. The molecule has 1 N–H and O–H groups in total. The molecule has 3 aromatic rings. The maximum Gasteiger partial charge on any atom is 0.150 e. The van der Waals surface area contributed by atoms with Crippen LogP contribution in [-0.2, 0) is 6.54 Å². The Bertz CT molecular complexity index is 854. The molecular formula is C19H21N7. The van der Waals surface area contributed by atoms with Crippen LogP contribution in [0, 0.1) is 6.92 Å². The van der Waals surface area contributed by atoms with Gasteiger partial charge < -0.3 is 5.32 Å². The van der Waals surface area contributed by atoms with Gasteiger partial charge in [0.05, 0.1) is 17.9 Å². The van der Waals surface area contributed by atoms with E-state index in [-0.39, 0.29) is 0 Å². The van der Waals surface area contributed by atoms with Crippen LogP contribution in [0.15, 0.2) is 49.2 Å². The van der Waals surface area contributed by atoms with Crippen LogP contribution in [0.3, 0.4) is 0 Å². The molecule has 0 radical (unpaired) electrons. The first kappa shape index (κ1) is 16.5. The van der Waals surface area contributed by atoms with Crippen LogP contribution in [0.4, 0.5) is 11.6 Å². The molecule has 0 aliphatic carbocycles. The molecule has 0 saturated carbocycles. The molecule has 3 aromatic heterocycles. The third-order valence-corrected chi connectivity index (χ3v) is 4.49. The molecule has 0 amide bonds. The van der Waals surface area contributed by atoms with E-state index in [4.69, 9.17) is 4.98 Å². The second-order valence-corrected chi connectivity index (χ2v) is 6.43. The van der Waals surface area contributed by atoms with Crippen LogP contribution in [0.2, 0.25) is 0 Å². The summed E-state index contributed by atoms with van der Waals surface area (Å²) in [6, 6.07) is 6.42. The summed E-state index contributed by atoms with van der Waals surface area (Å²) in [5.41, 5.74) is 2.27. The Morgan fingerprint density at radius 3 is 2.85 bits per heavy atom. The zero-order valence-electron chi connectivity index (χ0n) is 14.7. The third kappa shape index (κ3) is 3.83. The predicted octanol–water partition coefficient (Wildman–Crippen LogP) is 3.05. The van der Waals surface area contributed by atoms with E-state index >= 15 is 0 Å². The lowest BCUT2D eigenvalue weighted by atomic mass is 10.1. The third-order valence-electron chi connectivity index (χ3n) is 4.49. The van der Waals surface area contributed by atoms with Crippen molar-refractivity contribution in [3.63, 3.8) is 0 Å². The highest BCUT2D eigenvalue weighted by molar-refractivity contribution is 5.50. The first-order valence-corrected chi connectivity index (χ1v) is 8.79. The van der Waals surface area contributed by atoms with E-state index in [0.717, 1.165) is 36.8 Å². The van der Waals surface area contributed by atoms with Crippen LogP contribution in [-0.4, -0.2) is 36.4 Å². The molecule has 0 bridgehead atoms. The van der Waals surface area contributed by atoms with E-state index in [1.54, 1.807) is 18.6 Å². The number of rotatable bonds is 5.